The fourth-order valence-corrected chi connectivity index (χ4v) is 4.02. The molecule has 3 nitrogen and oxygen atoms in total. The van der Waals surface area contributed by atoms with Gasteiger partial charge in [-0.2, -0.15) is 0 Å². The summed E-state index contributed by atoms with van der Waals surface area (Å²) in [5.41, 5.74) is 2.02. The highest BCUT2D eigenvalue weighted by atomic mass is 32.2. The van der Waals surface area contributed by atoms with E-state index in [-0.39, 0.29) is 35.1 Å². The van der Waals surface area contributed by atoms with Gasteiger partial charge in [-0.3, -0.25) is 4.79 Å². The summed E-state index contributed by atoms with van der Waals surface area (Å²) >= 11 is 1.48. The number of hydrogen-bond acceptors (Lipinski definition) is 4. The molecule has 4 heteroatoms. The standard InChI is InChI=1S/C19H26O3S/c1-12(2)15-11-19(4)13(3)17(22-18(21)8-9-23-5)7-6-14(19)10-16(15)20/h8-10,13,15,17H,1,6-7,11H2,2-5H3/b9-8+/t13-,15-,17+,19+/m0/s1. The van der Waals surface area contributed by atoms with Crippen LogP contribution < -0.4 is 0 Å². The smallest absolute Gasteiger partial charge is 0.331 e. The Morgan fingerprint density at radius 3 is 2.83 bits per heavy atom. The van der Waals surface area contributed by atoms with E-state index in [0.717, 1.165) is 24.8 Å². The molecule has 1 fully saturated rings. The van der Waals surface area contributed by atoms with Crippen molar-refractivity contribution in [3.63, 3.8) is 0 Å². The molecule has 0 saturated heterocycles. The van der Waals surface area contributed by atoms with Crippen molar-refractivity contribution in [3.8, 4) is 0 Å². The molecule has 126 valence electrons. The molecule has 0 spiro atoms. The van der Waals surface area contributed by atoms with Gasteiger partial charge in [0.15, 0.2) is 5.78 Å². The van der Waals surface area contributed by atoms with Gasteiger partial charge in [0, 0.05) is 17.9 Å². The van der Waals surface area contributed by atoms with Crippen molar-refractivity contribution in [2.24, 2.45) is 17.3 Å². The molecule has 0 aromatic carbocycles. The van der Waals surface area contributed by atoms with Crippen LogP contribution in [0.25, 0.3) is 0 Å². The predicted octanol–water partition coefficient (Wildman–Crippen LogP) is 4.30. The average molecular weight is 334 g/mol. The van der Waals surface area contributed by atoms with Gasteiger partial charge in [0.1, 0.15) is 6.10 Å². The van der Waals surface area contributed by atoms with E-state index in [0.29, 0.717) is 0 Å². The molecule has 23 heavy (non-hydrogen) atoms. The summed E-state index contributed by atoms with van der Waals surface area (Å²) in [4.78, 5) is 24.2. The Morgan fingerprint density at radius 1 is 1.52 bits per heavy atom. The number of ketones is 1. The third-order valence-corrected chi connectivity index (χ3v) is 5.89. The van der Waals surface area contributed by atoms with E-state index in [9.17, 15) is 9.59 Å². The maximum absolute atomic E-state index is 12.3. The summed E-state index contributed by atoms with van der Waals surface area (Å²) in [6.45, 7) is 10.2. The molecule has 1 saturated carbocycles. The number of thioether (sulfide) groups is 1. The predicted molar refractivity (Wildman–Crippen MR) is 95.1 cm³/mol. The summed E-state index contributed by atoms with van der Waals surface area (Å²) in [5.74, 6) is -0.0350. The lowest BCUT2D eigenvalue weighted by Crippen LogP contribution is -2.46. The van der Waals surface area contributed by atoms with Gasteiger partial charge < -0.3 is 4.74 Å². The van der Waals surface area contributed by atoms with Crippen molar-refractivity contribution in [2.75, 3.05) is 6.26 Å². The molecule has 0 aromatic heterocycles. The maximum Gasteiger partial charge on any atom is 0.331 e. The Kier molecular flexibility index (Phi) is 5.56. The van der Waals surface area contributed by atoms with Gasteiger partial charge in [-0.25, -0.2) is 4.79 Å². The number of allylic oxidation sites excluding steroid dienone is 3. The number of esters is 1. The molecule has 2 aliphatic carbocycles. The van der Waals surface area contributed by atoms with Crippen LogP contribution in [0.5, 0.6) is 0 Å². The molecule has 0 aliphatic heterocycles. The lowest BCUT2D eigenvalue weighted by Gasteiger charge is -2.49. The zero-order valence-corrected chi connectivity index (χ0v) is 15.2. The Balaban J connectivity index is 2.20. The quantitative estimate of drug-likeness (QED) is 0.437. The molecule has 0 radical (unpaired) electrons. The second-order valence-electron chi connectivity index (χ2n) is 6.93. The van der Waals surface area contributed by atoms with Crippen molar-refractivity contribution in [1.82, 2.24) is 0 Å². The van der Waals surface area contributed by atoms with Crippen LogP contribution in [0.3, 0.4) is 0 Å². The van der Waals surface area contributed by atoms with Gasteiger partial charge >= 0.3 is 5.97 Å². The van der Waals surface area contributed by atoms with Crippen LogP contribution >= 0.6 is 11.8 Å². The SMILES string of the molecule is C=C(C)[C@@H]1C[C@@]2(C)C(=CC1=O)CC[C@@H](OC(=O)/C=C/SC)[C@@H]2C. The Labute approximate surface area is 143 Å². The molecule has 2 rings (SSSR count). The summed E-state index contributed by atoms with van der Waals surface area (Å²) in [5, 5.41) is 1.74. The maximum atomic E-state index is 12.3. The van der Waals surface area contributed by atoms with Gasteiger partial charge in [0.2, 0.25) is 0 Å². The first kappa shape index (κ1) is 18.1. The third-order valence-electron chi connectivity index (χ3n) is 5.49. The van der Waals surface area contributed by atoms with Crippen LogP contribution in [0.15, 0.2) is 35.3 Å². The number of carbonyl (C=O) groups is 2. The van der Waals surface area contributed by atoms with Crippen molar-refractivity contribution in [2.45, 2.75) is 46.1 Å². The molecule has 0 unspecified atom stereocenters. The Morgan fingerprint density at radius 2 is 2.22 bits per heavy atom. The highest BCUT2D eigenvalue weighted by Crippen LogP contribution is 2.52. The van der Waals surface area contributed by atoms with Gasteiger partial charge in [-0.15, -0.1) is 11.8 Å². The Bertz CT molecular complexity index is 575. The van der Waals surface area contributed by atoms with E-state index >= 15 is 0 Å². The molecule has 4 atom stereocenters. The molecule has 2 aliphatic rings. The minimum atomic E-state index is -0.282. The van der Waals surface area contributed by atoms with Crippen LogP contribution in [0.4, 0.5) is 0 Å². The summed E-state index contributed by atoms with van der Waals surface area (Å²) in [7, 11) is 0. The van der Waals surface area contributed by atoms with E-state index in [1.807, 2.05) is 19.3 Å². The van der Waals surface area contributed by atoms with Crippen molar-refractivity contribution >= 4 is 23.5 Å². The van der Waals surface area contributed by atoms with E-state index in [2.05, 4.69) is 20.4 Å². The molecule has 0 heterocycles. The largest absolute Gasteiger partial charge is 0.459 e. The molecule has 0 bridgehead atoms. The normalized spacial score (nSPS) is 34.0. The fraction of sp³-hybridized carbons (Fsp3) is 0.579. The van der Waals surface area contributed by atoms with E-state index in [1.165, 1.54) is 23.4 Å². The lowest BCUT2D eigenvalue weighted by atomic mass is 9.57. The zero-order valence-electron chi connectivity index (χ0n) is 14.4. The van der Waals surface area contributed by atoms with Gasteiger partial charge in [0.25, 0.3) is 0 Å². The monoisotopic (exact) mass is 334 g/mol. The first-order valence-electron chi connectivity index (χ1n) is 8.10. The van der Waals surface area contributed by atoms with Crippen molar-refractivity contribution in [1.29, 1.82) is 0 Å². The number of rotatable bonds is 4. The van der Waals surface area contributed by atoms with Crippen LogP contribution in [-0.4, -0.2) is 24.1 Å². The fourth-order valence-electron chi connectivity index (χ4n) is 3.78. The first-order valence-corrected chi connectivity index (χ1v) is 9.38. The van der Waals surface area contributed by atoms with Gasteiger partial charge in [-0.1, -0.05) is 31.6 Å². The number of hydrogen-bond donors (Lipinski definition) is 0. The zero-order chi connectivity index (χ0) is 17.2. The third kappa shape index (κ3) is 3.63. The molecular formula is C19H26O3S. The van der Waals surface area contributed by atoms with Crippen LogP contribution in [0.2, 0.25) is 0 Å². The van der Waals surface area contributed by atoms with Crippen molar-refractivity contribution < 1.29 is 14.3 Å². The minimum Gasteiger partial charge on any atom is -0.459 e. The topological polar surface area (TPSA) is 43.4 Å². The second kappa shape index (κ2) is 7.08. The minimum absolute atomic E-state index is 0.102. The molecule has 0 amide bonds. The molecular weight excluding hydrogens is 308 g/mol. The Hall–Kier alpha value is -1.29. The molecule has 0 N–H and O–H groups in total. The average Bonchev–Trinajstić information content (AvgIpc) is 2.49. The van der Waals surface area contributed by atoms with Crippen LogP contribution in [0.1, 0.15) is 40.0 Å². The molecule has 0 aromatic rings. The van der Waals surface area contributed by atoms with E-state index in [1.54, 1.807) is 5.41 Å². The van der Waals surface area contributed by atoms with Gasteiger partial charge in [0.05, 0.1) is 0 Å². The second-order valence-corrected chi connectivity index (χ2v) is 7.68. The summed E-state index contributed by atoms with van der Waals surface area (Å²) < 4.78 is 5.67. The highest BCUT2D eigenvalue weighted by molar-refractivity contribution is 8.01. The highest BCUT2D eigenvalue weighted by Gasteiger charge is 2.48. The van der Waals surface area contributed by atoms with E-state index < -0.39 is 0 Å². The summed E-state index contributed by atoms with van der Waals surface area (Å²) in [6.07, 6.45) is 7.48. The van der Waals surface area contributed by atoms with Gasteiger partial charge in [-0.05, 0) is 49.3 Å². The number of carbonyl (C=O) groups excluding carboxylic acids is 2. The van der Waals surface area contributed by atoms with Crippen LogP contribution in [0, 0.1) is 17.3 Å². The number of ether oxygens (including phenoxy) is 1. The number of fused-ring (bicyclic) bond motifs is 1. The van der Waals surface area contributed by atoms with E-state index in [4.69, 9.17) is 4.74 Å². The first-order chi connectivity index (χ1) is 10.8. The lowest BCUT2D eigenvalue weighted by molar-refractivity contribution is -0.150. The van der Waals surface area contributed by atoms with Crippen molar-refractivity contribution in [3.05, 3.63) is 35.3 Å². The summed E-state index contributed by atoms with van der Waals surface area (Å²) in [6, 6.07) is 0. The van der Waals surface area contributed by atoms with Crippen LogP contribution in [-0.2, 0) is 14.3 Å².